The number of nitrogen functional groups attached to an aromatic ring is 1. The molecular formula is C27H33N5O4. The number of carbonyl (C=O) groups excluding carboxylic acids is 3. The molecule has 0 aromatic heterocycles. The molecule has 2 aromatic rings. The number of nitrogens with zero attached hydrogens (tertiary/aromatic N) is 2. The van der Waals surface area contributed by atoms with Crippen LogP contribution in [0.3, 0.4) is 0 Å². The normalized spacial score (nSPS) is 11.1. The first-order valence-electron chi connectivity index (χ1n) is 11.4. The number of ether oxygens (including phenoxy) is 1. The minimum absolute atomic E-state index is 0.0678. The molecule has 2 aromatic carbocycles. The van der Waals surface area contributed by atoms with Gasteiger partial charge in [-0.05, 0) is 69.1 Å². The number of carbonyl (C=O) groups is 3. The average Bonchev–Trinajstić information content (AvgIpc) is 2.83. The molecule has 190 valence electrons. The lowest BCUT2D eigenvalue weighted by molar-refractivity contribution is -0.132. The number of amidine groups is 1. The molecule has 0 radical (unpaired) electrons. The van der Waals surface area contributed by atoms with Crippen LogP contribution >= 0.6 is 0 Å². The summed E-state index contributed by atoms with van der Waals surface area (Å²) in [7, 11) is 3.83. The van der Waals surface area contributed by atoms with Crippen molar-refractivity contribution in [3.63, 3.8) is 0 Å². The molecule has 0 unspecified atom stereocenters. The van der Waals surface area contributed by atoms with Crippen LogP contribution in [-0.2, 0) is 9.59 Å². The molecule has 0 saturated heterocycles. The molecule has 0 fully saturated rings. The van der Waals surface area contributed by atoms with Gasteiger partial charge >= 0.3 is 5.97 Å². The van der Waals surface area contributed by atoms with Gasteiger partial charge in [-0.3, -0.25) is 15.0 Å². The fraction of sp³-hybridized carbons (Fsp3) is 0.259. The summed E-state index contributed by atoms with van der Waals surface area (Å²) in [4.78, 5) is 41.0. The third kappa shape index (κ3) is 8.84. The summed E-state index contributed by atoms with van der Waals surface area (Å²) in [6.07, 6.45) is 3.27. The molecule has 4 N–H and O–H groups in total. The number of esters is 1. The standard InChI is InChI=1S/C27H33N5O4/c1-5-15-32(18-24(33)30-14-16-31(3)4)26(34)19(2)17-20-6-8-22(9-7-20)27(35)36-23-12-10-21(11-13-23)25(28)29/h5-13,17H,1,14-16,18H2,2-4H3,(H3,28,29)(H,30,33). The molecule has 36 heavy (non-hydrogen) atoms. The third-order valence-electron chi connectivity index (χ3n) is 5.10. The fourth-order valence-corrected chi connectivity index (χ4v) is 3.17. The van der Waals surface area contributed by atoms with E-state index in [1.54, 1.807) is 67.6 Å². The van der Waals surface area contributed by atoms with Crippen molar-refractivity contribution in [2.75, 3.05) is 40.3 Å². The highest BCUT2D eigenvalue weighted by molar-refractivity contribution is 5.99. The lowest BCUT2D eigenvalue weighted by Crippen LogP contribution is -2.42. The highest BCUT2D eigenvalue weighted by Crippen LogP contribution is 2.16. The van der Waals surface area contributed by atoms with E-state index < -0.39 is 5.97 Å². The molecule has 2 rings (SSSR count). The maximum Gasteiger partial charge on any atom is 0.343 e. The number of likely N-dealkylation sites (N-methyl/N-ethyl adjacent to an activating group) is 1. The Morgan fingerprint density at radius 1 is 1.06 bits per heavy atom. The van der Waals surface area contributed by atoms with Crippen molar-refractivity contribution in [2.45, 2.75) is 6.92 Å². The highest BCUT2D eigenvalue weighted by atomic mass is 16.5. The molecule has 0 heterocycles. The number of nitrogens with two attached hydrogens (primary N) is 1. The molecule has 0 aliphatic rings. The average molecular weight is 492 g/mol. The van der Waals surface area contributed by atoms with Crippen molar-refractivity contribution in [3.8, 4) is 5.75 Å². The molecule has 0 saturated carbocycles. The Morgan fingerprint density at radius 2 is 1.67 bits per heavy atom. The van der Waals surface area contributed by atoms with Gasteiger partial charge in [-0.15, -0.1) is 6.58 Å². The predicted molar refractivity (Wildman–Crippen MR) is 141 cm³/mol. The van der Waals surface area contributed by atoms with E-state index in [2.05, 4.69) is 11.9 Å². The van der Waals surface area contributed by atoms with Crippen LogP contribution in [0.4, 0.5) is 0 Å². The summed E-state index contributed by atoms with van der Waals surface area (Å²) < 4.78 is 5.35. The number of hydrogen-bond donors (Lipinski definition) is 3. The van der Waals surface area contributed by atoms with Crippen molar-refractivity contribution >= 4 is 29.7 Å². The molecule has 0 atom stereocenters. The first-order chi connectivity index (χ1) is 17.1. The van der Waals surface area contributed by atoms with E-state index in [0.29, 0.717) is 35.5 Å². The summed E-state index contributed by atoms with van der Waals surface area (Å²) in [6.45, 7) is 6.72. The van der Waals surface area contributed by atoms with E-state index in [4.69, 9.17) is 15.9 Å². The lowest BCUT2D eigenvalue weighted by atomic mass is 10.1. The van der Waals surface area contributed by atoms with Crippen molar-refractivity contribution in [1.29, 1.82) is 5.41 Å². The number of hydrogen-bond acceptors (Lipinski definition) is 6. The van der Waals surface area contributed by atoms with E-state index in [9.17, 15) is 14.4 Å². The molecule has 0 spiro atoms. The topological polar surface area (TPSA) is 129 Å². The molecule has 0 aliphatic heterocycles. The van der Waals surface area contributed by atoms with E-state index in [0.717, 1.165) is 5.56 Å². The number of amides is 2. The Kier molecular flexibility index (Phi) is 10.6. The summed E-state index contributed by atoms with van der Waals surface area (Å²) in [5.74, 6) is -0.787. The van der Waals surface area contributed by atoms with E-state index in [1.807, 2.05) is 19.0 Å². The molecular weight excluding hydrogens is 458 g/mol. The van der Waals surface area contributed by atoms with E-state index in [1.165, 1.54) is 4.90 Å². The Labute approximate surface area is 211 Å². The largest absolute Gasteiger partial charge is 0.423 e. The number of rotatable bonds is 12. The van der Waals surface area contributed by atoms with Crippen molar-refractivity contribution < 1.29 is 19.1 Å². The van der Waals surface area contributed by atoms with Gasteiger partial charge in [0.05, 0.1) is 5.56 Å². The molecule has 2 amide bonds. The molecule has 9 nitrogen and oxygen atoms in total. The second kappa shape index (κ2) is 13.6. The van der Waals surface area contributed by atoms with Crippen LogP contribution in [0.2, 0.25) is 0 Å². The van der Waals surface area contributed by atoms with Gasteiger partial charge in [-0.1, -0.05) is 18.2 Å². The van der Waals surface area contributed by atoms with E-state index in [-0.39, 0.29) is 30.7 Å². The van der Waals surface area contributed by atoms with Crippen molar-refractivity contribution in [1.82, 2.24) is 15.1 Å². The third-order valence-corrected chi connectivity index (χ3v) is 5.10. The van der Waals surface area contributed by atoms with Crippen LogP contribution in [0, 0.1) is 5.41 Å². The number of nitrogens with one attached hydrogen (secondary N) is 2. The Hall–Kier alpha value is -4.24. The quantitative estimate of drug-likeness (QED) is 0.104. The SMILES string of the molecule is C=CCN(CC(=O)NCCN(C)C)C(=O)C(C)=Cc1ccc(C(=O)Oc2ccc(C(=N)N)cc2)cc1. The zero-order valence-corrected chi connectivity index (χ0v) is 20.9. The monoisotopic (exact) mass is 491 g/mol. The summed E-state index contributed by atoms with van der Waals surface area (Å²) >= 11 is 0. The van der Waals surface area contributed by atoms with Gasteiger partial charge in [-0.25, -0.2) is 4.79 Å². The number of benzene rings is 2. The van der Waals surface area contributed by atoms with Crippen molar-refractivity contribution in [2.24, 2.45) is 5.73 Å². The van der Waals surface area contributed by atoms with Gasteiger partial charge in [0.25, 0.3) is 0 Å². The minimum atomic E-state index is -0.536. The van der Waals surface area contributed by atoms with Crippen LogP contribution in [0.15, 0.2) is 66.8 Å². The maximum atomic E-state index is 12.9. The summed E-state index contributed by atoms with van der Waals surface area (Å²) in [5.41, 5.74) is 7.47. The fourth-order valence-electron chi connectivity index (χ4n) is 3.17. The van der Waals surface area contributed by atoms with Gasteiger partial charge < -0.3 is 25.6 Å². The van der Waals surface area contributed by atoms with Crippen LogP contribution < -0.4 is 15.8 Å². The Bertz CT molecular complexity index is 1120. The second-order valence-electron chi connectivity index (χ2n) is 8.40. The van der Waals surface area contributed by atoms with Crippen LogP contribution in [0.25, 0.3) is 6.08 Å². The zero-order chi connectivity index (χ0) is 26.7. The molecule has 0 bridgehead atoms. The van der Waals surface area contributed by atoms with Gasteiger partial charge in [0, 0.05) is 30.8 Å². The van der Waals surface area contributed by atoms with Crippen LogP contribution in [-0.4, -0.2) is 73.7 Å². The highest BCUT2D eigenvalue weighted by Gasteiger charge is 2.17. The summed E-state index contributed by atoms with van der Waals surface area (Å²) in [5, 5.41) is 10.2. The smallest absolute Gasteiger partial charge is 0.343 e. The van der Waals surface area contributed by atoms with E-state index >= 15 is 0 Å². The lowest BCUT2D eigenvalue weighted by Gasteiger charge is -2.21. The van der Waals surface area contributed by atoms with Crippen LogP contribution in [0.1, 0.15) is 28.4 Å². The second-order valence-corrected chi connectivity index (χ2v) is 8.40. The van der Waals surface area contributed by atoms with Gasteiger partial charge in [0.1, 0.15) is 18.1 Å². The minimum Gasteiger partial charge on any atom is -0.423 e. The van der Waals surface area contributed by atoms with Gasteiger partial charge in [0.15, 0.2) is 0 Å². The Balaban J connectivity index is 2.01. The predicted octanol–water partition coefficient (Wildman–Crippen LogP) is 2.29. The Morgan fingerprint density at radius 3 is 2.22 bits per heavy atom. The first-order valence-corrected chi connectivity index (χ1v) is 11.4. The van der Waals surface area contributed by atoms with Crippen molar-refractivity contribution in [3.05, 3.63) is 83.4 Å². The van der Waals surface area contributed by atoms with Crippen LogP contribution in [0.5, 0.6) is 5.75 Å². The summed E-state index contributed by atoms with van der Waals surface area (Å²) in [6, 6.07) is 13.0. The van der Waals surface area contributed by atoms with Gasteiger partial charge in [-0.2, -0.15) is 0 Å². The zero-order valence-electron chi connectivity index (χ0n) is 20.9. The van der Waals surface area contributed by atoms with Gasteiger partial charge in [0.2, 0.25) is 11.8 Å². The first kappa shape index (κ1) is 28.0. The molecule has 9 heteroatoms. The maximum absolute atomic E-state index is 12.9. The molecule has 0 aliphatic carbocycles.